The van der Waals surface area contributed by atoms with Gasteiger partial charge in [-0.2, -0.15) is 0 Å². The number of phenols is 1. The molecule has 1 heterocycles. The lowest BCUT2D eigenvalue weighted by atomic mass is 10.0. The van der Waals surface area contributed by atoms with Crippen molar-refractivity contribution in [2.24, 2.45) is 0 Å². The summed E-state index contributed by atoms with van der Waals surface area (Å²) in [4.78, 5) is 37.4. The van der Waals surface area contributed by atoms with E-state index in [2.05, 4.69) is 19.8 Å². The lowest BCUT2D eigenvalue weighted by Crippen LogP contribution is -2.39. The Bertz CT molecular complexity index is 871. The Hall–Kier alpha value is -2.78. The average Bonchev–Trinajstić information content (AvgIpc) is 2.96. The molecular formula is C18H23ClN2O7. The van der Waals surface area contributed by atoms with Gasteiger partial charge in [-0.15, -0.1) is 12.4 Å². The zero-order chi connectivity index (χ0) is 20.2. The van der Waals surface area contributed by atoms with Gasteiger partial charge in [0.2, 0.25) is 12.7 Å². The lowest BCUT2D eigenvalue weighted by molar-refractivity contribution is -0.149. The topological polar surface area (TPSA) is 127 Å². The van der Waals surface area contributed by atoms with Gasteiger partial charge >= 0.3 is 12.1 Å². The van der Waals surface area contributed by atoms with Crippen molar-refractivity contribution in [3.05, 3.63) is 23.8 Å². The molecule has 3 N–H and O–H groups in total. The quantitative estimate of drug-likeness (QED) is 0.374. The number of aromatic amines is 1. The van der Waals surface area contributed by atoms with Crippen LogP contribution in [0.1, 0.15) is 38.1 Å². The van der Waals surface area contributed by atoms with Crippen molar-refractivity contribution in [3.8, 4) is 11.6 Å². The standard InChI is InChI=1S/C18H22N2O7.ClH/c1-10(21)25-9-26-17(24)27-15-7-12-11(5-6-13(22)16(12)20-15)14(23)8-19-18(2,3)4;/h5-7,19-20,22H,8-9H2,1-4H3;1H. The largest absolute Gasteiger partial charge is 0.518 e. The Morgan fingerprint density at radius 2 is 1.86 bits per heavy atom. The number of fused-ring (bicyclic) bond motifs is 1. The first-order valence-electron chi connectivity index (χ1n) is 8.17. The van der Waals surface area contributed by atoms with Crippen LogP contribution in [0.2, 0.25) is 0 Å². The summed E-state index contributed by atoms with van der Waals surface area (Å²) in [6.45, 7) is 6.52. The molecule has 0 aliphatic rings. The maximum Gasteiger partial charge on any atom is 0.518 e. The van der Waals surface area contributed by atoms with Gasteiger partial charge in [-0.25, -0.2) is 4.79 Å². The van der Waals surface area contributed by atoms with E-state index in [1.807, 2.05) is 20.8 Å². The van der Waals surface area contributed by atoms with Crippen LogP contribution in [0.4, 0.5) is 4.79 Å². The normalized spacial score (nSPS) is 10.9. The fourth-order valence-corrected chi connectivity index (χ4v) is 2.20. The molecule has 154 valence electrons. The Morgan fingerprint density at radius 3 is 2.46 bits per heavy atom. The number of H-pyrrole nitrogens is 1. The van der Waals surface area contributed by atoms with Crippen molar-refractivity contribution in [2.75, 3.05) is 13.3 Å². The zero-order valence-electron chi connectivity index (χ0n) is 16.0. The number of halogens is 1. The maximum absolute atomic E-state index is 12.5. The molecule has 10 heteroatoms. The summed E-state index contributed by atoms with van der Waals surface area (Å²) in [6.07, 6.45) is -1.11. The number of rotatable bonds is 6. The molecule has 2 rings (SSSR count). The van der Waals surface area contributed by atoms with Crippen LogP contribution in [-0.2, 0) is 14.3 Å². The number of phenolic OH excluding ortho intramolecular Hbond substituents is 1. The molecule has 1 aromatic heterocycles. The van der Waals surface area contributed by atoms with E-state index >= 15 is 0 Å². The fraction of sp³-hybridized carbons (Fsp3) is 0.389. The summed E-state index contributed by atoms with van der Waals surface area (Å²) in [5.41, 5.74) is 0.377. The van der Waals surface area contributed by atoms with Gasteiger partial charge in [-0.05, 0) is 32.9 Å². The van der Waals surface area contributed by atoms with E-state index in [1.165, 1.54) is 25.1 Å². The number of aromatic hydroxyl groups is 1. The van der Waals surface area contributed by atoms with Crippen LogP contribution in [-0.4, -0.2) is 46.9 Å². The third kappa shape index (κ3) is 6.43. The molecule has 9 nitrogen and oxygen atoms in total. The number of carbonyl (C=O) groups is 3. The molecule has 1 aromatic carbocycles. The lowest BCUT2D eigenvalue weighted by Gasteiger charge is -2.19. The summed E-state index contributed by atoms with van der Waals surface area (Å²) in [6, 6.07) is 4.29. The molecular weight excluding hydrogens is 392 g/mol. The molecule has 0 spiro atoms. The van der Waals surface area contributed by atoms with Crippen molar-refractivity contribution in [1.82, 2.24) is 10.3 Å². The van der Waals surface area contributed by atoms with E-state index in [-0.39, 0.29) is 47.4 Å². The highest BCUT2D eigenvalue weighted by Crippen LogP contribution is 2.31. The van der Waals surface area contributed by atoms with Gasteiger partial charge in [0, 0.05) is 29.5 Å². The van der Waals surface area contributed by atoms with Crippen LogP contribution in [0.5, 0.6) is 11.6 Å². The molecule has 0 unspecified atom stereocenters. The average molecular weight is 415 g/mol. The number of hydrogen-bond donors (Lipinski definition) is 3. The number of aromatic nitrogens is 1. The van der Waals surface area contributed by atoms with Gasteiger partial charge in [0.1, 0.15) is 5.75 Å². The highest BCUT2D eigenvalue weighted by atomic mass is 35.5. The number of nitrogens with one attached hydrogen (secondary N) is 2. The molecule has 0 atom stereocenters. The second-order valence-electron chi connectivity index (χ2n) is 6.83. The first-order valence-corrected chi connectivity index (χ1v) is 8.17. The highest BCUT2D eigenvalue weighted by Gasteiger charge is 2.19. The molecule has 0 bridgehead atoms. The van der Waals surface area contributed by atoms with Gasteiger partial charge in [-0.1, -0.05) is 0 Å². The molecule has 0 saturated carbocycles. The highest BCUT2D eigenvalue weighted by molar-refractivity contribution is 6.10. The van der Waals surface area contributed by atoms with Crippen molar-refractivity contribution in [1.29, 1.82) is 0 Å². The smallest absolute Gasteiger partial charge is 0.506 e. The van der Waals surface area contributed by atoms with Crippen LogP contribution in [0.25, 0.3) is 10.9 Å². The van der Waals surface area contributed by atoms with Gasteiger partial charge in [0.25, 0.3) is 0 Å². The third-order valence-corrected chi connectivity index (χ3v) is 3.46. The molecule has 0 saturated heterocycles. The van der Waals surface area contributed by atoms with Crippen LogP contribution in [0, 0.1) is 0 Å². The van der Waals surface area contributed by atoms with E-state index in [0.29, 0.717) is 10.9 Å². The first-order chi connectivity index (χ1) is 12.6. The Labute approximate surface area is 167 Å². The molecule has 0 fully saturated rings. The zero-order valence-corrected chi connectivity index (χ0v) is 16.8. The first kappa shape index (κ1) is 23.3. The molecule has 0 aliphatic carbocycles. The summed E-state index contributed by atoms with van der Waals surface area (Å²) in [5, 5.41) is 13.5. The third-order valence-electron chi connectivity index (χ3n) is 3.46. The number of benzene rings is 1. The molecule has 0 radical (unpaired) electrons. The Balaban J connectivity index is 0.00000392. The second kappa shape index (κ2) is 9.43. The number of ketones is 1. The summed E-state index contributed by atoms with van der Waals surface area (Å²) >= 11 is 0. The maximum atomic E-state index is 12.5. The number of carbonyl (C=O) groups excluding carboxylic acids is 3. The van der Waals surface area contributed by atoms with Crippen molar-refractivity contribution >= 4 is 41.2 Å². The van der Waals surface area contributed by atoms with E-state index in [9.17, 15) is 19.5 Å². The number of Topliss-reactive ketones (excluding diaryl/α,β-unsaturated/α-hetero) is 1. The summed E-state index contributed by atoms with van der Waals surface area (Å²) in [7, 11) is 0. The Kier molecular flexibility index (Phi) is 7.83. The van der Waals surface area contributed by atoms with Gasteiger partial charge < -0.3 is 29.6 Å². The van der Waals surface area contributed by atoms with Crippen LogP contribution < -0.4 is 10.1 Å². The molecule has 0 aliphatic heterocycles. The van der Waals surface area contributed by atoms with Crippen LogP contribution in [0.3, 0.4) is 0 Å². The van der Waals surface area contributed by atoms with E-state index in [0.717, 1.165) is 0 Å². The van der Waals surface area contributed by atoms with Crippen LogP contribution in [0.15, 0.2) is 18.2 Å². The van der Waals surface area contributed by atoms with Crippen LogP contribution >= 0.6 is 12.4 Å². The Morgan fingerprint density at radius 1 is 1.18 bits per heavy atom. The van der Waals surface area contributed by atoms with Crippen molar-refractivity contribution in [2.45, 2.75) is 33.2 Å². The van der Waals surface area contributed by atoms with Crippen molar-refractivity contribution in [3.63, 3.8) is 0 Å². The van der Waals surface area contributed by atoms with Crippen molar-refractivity contribution < 1.29 is 33.7 Å². The predicted molar refractivity (Wildman–Crippen MR) is 103 cm³/mol. The fourth-order valence-electron chi connectivity index (χ4n) is 2.20. The van der Waals surface area contributed by atoms with Gasteiger partial charge in [0.15, 0.2) is 5.78 Å². The molecule has 28 heavy (non-hydrogen) atoms. The van der Waals surface area contributed by atoms with Gasteiger partial charge in [0.05, 0.1) is 12.1 Å². The molecule has 2 aromatic rings. The van der Waals surface area contributed by atoms with E-state index < -0.39 is 18.9 Å². The number of esters is 1. The monoisotopic (exact) mass is 414 g/mol. The SMILES string of the molecule is CC(=O)OCOC(=O)Oc1cc2c(C(=O)CNC(C)(C)C)ccc(O)c2[nH]1.Cl. The minimum Gasteiger partial charge on any atom is -0.506 e. The summed E-state index contributed by atoms with van der Waals surface area (Å²) in [5.74, 6) is -0.922. The summed E-state index contributed by atoms with van der Waals surface area (Å²) < 4.78 is 14.0. The minimum absolute atomic E-state index is 0. The number of hydrogen-bond acceptors (Lipinski definition) is 8. The minimum atomic E-state index is -1.11. The van der Waals surface area contributed by atoms with Gasteiger partial charge in [-0.3, -0.25) is 9.59 Å². The second-order valence-corrected chi connectivity index (χ2v) is 6.83. The predicted octanol–water partition coefficient (Wildman–Crippen LogP) is 2.90. The number of ether oxygens (including phenoxy) is 3. The molecule has 0 amide bonds. The van der Waals surface area contributed by atoms with E-state index in [1.54, 1.807) is 0 Å². The van der Waals surface area contributed by atoms with E-state index in [4.69, 9.17) is 4.74 Å².